The Morgan fingerprint density at radius 3 is 2.14 bits per heavy atom. The van der Waals surface area contributed by atoms with E-state index >= 15 is 0 Å². The maximum absolute atomic E-state index is 12.5. The summed E-state index contributed by atoms with van der Waals surface area (Å²) in [5.74, 6) is -0.152. The Kier molecular flexibility index (Phi) is 8.43. The first kappa shape index (κ1) is 21.9. The number of amides is 3. The van der Waals surface area contributed by atoms with Crippen LogP contribution in [-0.4, -0.2) is 90.0 Å². The summed E-state index contributed by atoms with van der Waals surface area (Å²) in [4.78, 5) is 41.2. The van der Waals surface area contributed by atoms with Crippen LogP contribution in [0.3, 0.4) is 0 Å². The molecule has 2 atom stereocenters. The molecular formula is C19H27N3O5S. The average Bonchev–Trinajstić information content (AvgIpc) is 3.09. The predicted molar refractivity (Wildman–Crippen MR) is 108 cm³/mol. The molecule has 0 unspecified atom stereocenters. The van der Waals surface area contributed by atoms with Crippen LogP contribution in [0.1, 0.15) is 6.42 Å². The maximum atomic E-state index is 12.5. The van der Waals surface area contributed by atoms with Crippen molar-refractivity contribution < 1.29 is 23.9 Å². The van der Waals surface area contributed by atoms with E-state index in [0.29, 0.717) is 39.1 Å². The molecule has 2 aliphatic heterocycles. The van der Waals surface area contributed by atoms with Crippen molar-refractivity contribution in [2.24, 2.45) is 0 Å². The zero-order chi connectivity index (χ0) is 20.5. The molecule has 9 heteroatoms. The standard InChI is InChI=1S/C19H27N3O5S/c1-3-11-26-18(24)21-9-7-20(8-10-21)17(23)6-5-15-13-16(28)14-22(15)19(25)27-12-4-2/h3-6,15-16,28H,1-2,7-14H2/t15-,16+/m1/s1. The summed E-state index contributed by atoms with van der Waals surface area (Å²) in [7, 11) is 0. The second-order valence-electron chi connectivity index (χ2n) is 6.51. The first-order chi connectivity index (χ1) is 13.5. The smallest absolute Gasteiger partial charge is 0.410 e. The van der Waals surface area contributed by atoms with Gasteiger partial charge in [-0.15, -0.1) is 0 Å². The highest BCUT2D eigenvalue weighted by molar-refractivity contribution is 7.81. The summed E-state index contributed by atoms with van der Waals surface area (Å²) in [5, 5.41) is 0.0335. The van der Waals surface area contributed by atoms with Crippen LogP contribution in [-0.2, 0) is 14.3 Å². The van der Waals surface area contributed by atoms with Gasteiger partial charge in [0.15, 0.2) is 0 Å². The van der Waals surface area contributed by atoms with Gasteiger partial charge in [0.1, 0.15) is 13.2 Å². The molecule has 28 heavy (non-hydrogen) atoms. The summed E-state index contributed by atoms with van der Waals surface area (Å²) >= 11 is 4.44. The lowest BCUT2D eigenvalue weighted by molar-refractivity contribution is -0.127. The van der Waals surface area contributed by atoms with Gasteiger partial charge >= 0.3 is 12.2 Å². The number of thiol groups is 1. The second-order valence-corrected chi connectivity index (χ2v) is 7.24. The van der Waals surface area contributed by atoms with Crippen molar-refractivity contribution in [3.8, 4) is 0 Å². The molecule has 0 spiro atoms. The van der Waals surface area contributed by atoms with E-state index in [1.807, 2.05) is 0 Å². The van der Waals surface area contributed by atoms with Crippen molar-refractivity contribution in [2.45, 2.75) is 17.7 Å². The van der Waals surface area contributed by atoms with Gasteiger partial charge in [0, 0.05) is 44.0 Å². The third-order valence-corrected chi connectivity index (χ3v) is 4.89. The topological polar surface area (TPSA) is 79.4 Å². The van der Waals surface area contributed by atoms with Crippen LogP contribution in [0.5, 0.6) is 0 Å². The molecule has 0 N–H and O–H groups in total. The SMILES string of the molecule is C=CCOC(=O)N1CCN(C(=O)C=C[C@@H]2C[C@H](S)CN2C(=O)OCC=C)CC1. The first-order valence-corrected chi connectivity index (χ1v) is 9.70. The highest BCUT2D eigenvalue weighted by atomic mass is 32.1. The second kappa shape index (κ2) is 10.8. The van der Waals surface area contributed by atoms with Gasteiger partial charge in [0.2, 0.25) is 5.91 Å². The molecule has 2 aliphatic rings. The van der Waals surface area contributed by atoms with Gasteiger partial charge in [0.05, 0.1) is 6.04 Å². The van der Waals surface area contributed by atoms with Gasteiger partial charge in [0.25, 0.3) is 0 Å². The first-order valence-electron chi connectivity index (χ1n) is 9.18. The Bertz CT molecular complexity index is 631. The lowest BCUT2D eigenvalue weighted by Gasteiger charge is -2.33. The summed E-state index contributed by atoms with van der Waals surface area (Å²) in [6.07, 6.45) is 6.03. The molecule has 154 valence electrons. The molecule has 2 heterocycles. The van der Waals surface area contributed by atoms with Crippen molar-refractivity contribution >= 4 is 30.7 Å². The van der Waals surface area contributed by atoms with Gasteiger partial charge in [-0.3, -0.25) is 4.79 Å². The Morgan fingerprint density at radius 1 is 0.964 bits per heavy atom. The van der Waals surface area contributed by atoms with Crippen molar-refractivity contribution in [3.63, 3.8) is 0 Å². The Hall–Kier alpha value is -2.42. The zero-order valence-corrected chi connectivity index (χ0v) is 16.8. The van der Waals surface area contributed by atoms with Crippen LogP contribution in [0.15, 0.2) is 37.5 Å². The van der Waals surface area contributed by atoms with E-state index in [1.54, 1.807) is 20.8 Å². The number of ether oxygens (including phenoxy) is 2. The van der Waals surface area contributed by atoms with Gasteiger partial charge in [-0.25, -0.2) is 9.59 Å². The molecular weight excluding hydrogens is 382 g/mol. The normalized spacial score (nSPS) is 22.2. The molecule has 0 radical (unpaired) electrons. The molecule has 0 aromatic heterocycles. The molecule has 2 saturated heterocycles. The zero-order valence-electron chi connectivity index (χ0n) is 15.9. The minimum absolute atomic E-state index is 0.0335. The fourth-order valence-corrected chi connectivity index (χ4v) is 3.47. The number of carbonyl (C=O) groups is 3. The number of carbonyl (C=O) groups excluding carboxylic acids is 3. The fourth-order valence-electron chi connectivity index (χ4n) is 3.08. The van der Waals surface area contributed by atoms with E-state index in [2.05, 4.69) is 25.8 Å². The van der Waals surface area contributed by atoms with Crippen LogP contribution in [0.2, 0.25) is 0 Å². The summed E-state index contributed by atoms with van der Waals surface area (Å²) in [6, 6.07) is -0.237. The third kappa shape index (κ3) is 6.05. The Labute approximate surface area is 170 Å². The summed E-state index contributed by atoms with van der Waals surface area (Å²) < 4.78 is 10.1. The van der Waals surface area contributed by atoms with Gasteiger partial charge < -0.3 is 24.2 Å². The largest absolute Gasteiger partial charge is 0.445 e. The Balaban J connectivity index is 1.85. The number of hydrogen-bond donors (Lipinski definition) is 1. The van der Waals surface area contributed by atoms with Crippen LogP contribution >= 0.6 is 12.6 Å². The lowest BCUT2D eigenvalue weighted by Crippen LogP contribution is -2.50. The van der Waals surface area contributed by atoms with Crippen LogP contribution in [0.25, 0.3) is 0 Å². The van der Waals surface area contributed by atoms with E-state index in [-0.39, 0.29) is 30.4 Å². The molecule has 0 aromatic rings. The van der Waals surface area contributed by atoms with E-state index in [4.69, 9.17) is 9.47 Å². The summed E-state index contributed by atoms with van der Waals surface area (Å²) in [5.41, 5.74) is 0. The quantitative estimate of drug-likeness (QED) is 0.410. The van der Waals surface area contributed by atoms with Crippen molar-refractivity contribution in [2.75, 3.05) is 45.9 Å². The van der Waals surface area contributed by atoms with Crippen molar-refractivity contribution in [1.82, 2.24) is 14.7 Å². The average molecular weight is 410 g/mol. The monoisotopic (exact) mass is 409 g/mol. The number of nitrogens with zero attached hydrogens (tertiary/aromatic N) is 3. The summed E-state index contributed by atoms with van der Waals surface area (Å²) in [6.45, 7) is 9.48. The van der Waals surface area contributed by atoms with Gasteiger partial charge in [-0.2, -0.15) is 12.6 Å². The number of piperazine rings is 1. The molecule has 0 aromatic carbocycles. The van der Waals surface area contributed by atoms with Crippen molar-refractivity contribution in [1.29, 1.82) is 0 Å². The molecule has 3 amide bonds. The van der Waals surface area contributed by atoms with Crippen LogP contribution in [0, 0.1) is 0 Å². The molecule has 0 saturated carbocycles. The molecule has 0 bridgehead atoms. The molecule has 2 fully saturated rings. The molecule has 0 aliphatic carbocycles. The minimum atomic E-state index is -0.440. The minimum Gasteiger partial charge on any atom is -0.445 e. The Morgan fingerprint density at radius 2 is 1.54 bits per heavy atom. The lowest BCUT2D eigenvalue weighted by atomic mass is 10.2. The van der Waals surface area contributed by atoms with Gasteiger partial charge in [-0.1, -0.05) is 31.4 Å². The predicted octanol–water partition coefficient (Wildman–Crippen LogP) is 1.70. The van der Waals surface area contributed by atoms with Crippen LogP contribution in [0.4, 0.5) is 9.59 Å². The van der Waals surface area contributed by atoms with Crippen LogP contribution < -0.4 is 0 Å². The van der Waals surface area contributed by atoms with Crippen molar-refractivity contribution in [3.05, 3.63) is 37.5 Å². The third-order valence-electron chi connectivity index (χ3n) is 4.52. The van der Waals surface area contributed by atoms with E-state index in [0.717, 1.165) is 0 Å². The highest BCUT2D eigenvalue weighted by Gasteiger charge is 2.33. The van der Waals surface area contributed by atoms with E-state index in [1.165, 1.54) is 18.2 Å². The van der Waals surface area contributed by atoms with E-state index < -0.39 is 12.2 Å². The maximum Gasteiger partial charge on any atom is 0.410 e. The van der Waals surface area contributed by atoms with E-state index in [9.17, 15) is 14.4 Å². The number of rotatable bonds is 6. The highest BCUT2D eigenvalue weighted by Crippen LogP contribution is 2.23. The fraction of sp³-hybridized carbons (Fsp3) is 0.526. The molecule has 8 nitrogen and oxygen atoms in total. The number of hydrogen-bond acceptors (Lipinski definition) is 6. The molecule has 2 rings (SSSR count). The van der Waals surface area contributed by atoms with Gasteiger partial charge in [-0.05, 0) is 6.42 Å². The number of likely N-dealkylation sites (tertiary alicyclic amines) is 1.